The molecule has 0 saturated carbocycles. The first-order chi connectivity index (χ1) is 7.84. The summed E-state index contributed by atoms with van der Waals surface area (Å²) in [6.07, 6.45) is 12.7. The zero-order valence-corrected chi connectivity index (χ0v) is 10.4. The van der Waals surface area contributed by atoms with Crippen molar-refractivity contribution in [1.29, 1.82) is 0 Å². The lowest BCUT2D eigenvalue weighted by atomic mass is 10.0. The Hall–Kier alpha value is -0.890. The van der Waals surface area contributed by atoms with Crippen LogP contribution in [0.1, 0.15) is 63.5 Å². The Morgan fingerprint density at radius 1 is 1.19 bits per heavy atom. The molecule has 0 amide bonds. The van der Waals surface area contributed by atoms with Gasteiger partial charge in [-0.05, 0) is 18.1 Å². The van der Waals surface area contributed by atoms with Crippen LogP contribution in [-0.4, -0.2) is 4.98 Å². The molecule has 2 heteroatoms. The van der Waals surface area contributed by atoms with Gasteiger partial charge in [0, 0.05) is 18.4 Å². The molecule has 1 heterocycles. The summed E-state index contributed by atoms with van der Waals surface area (Å²) in [5, 5.41) is 0. The highest BCUT2D eigenvalue weighted by Crippen LogP contribution is 2.16. The first-order valence-corrected chi connectivity index (χ1v) is 6.50. The molecule has 1 atom stereocenters. The molecule has 16 heavy (non-hydrogen) atoms. The lowest BCUT2D eigenvalue weighted by Gasteiger charge is -2.10. The molecule has 0 aromatic carbocycles. The third-order valence-electron chi connectivity index (χ3n) is 2.98. The van der Waals surface area contributed by atoms with E-state index < -0.39 is 0 Å². The van der Waals surface area contributed by atoms with Crippen molar-refractivity contribution in [1.82, 2.24) is 4.98 Å². The van der Waals surface area contributed by atoms with Crippen LogP contribution in [0.3, 0.4) is 0 Å². The van der Waals surface area contributed by atoms with E-state index in [-0.39, 0.29) is 6.04 Å². The van der Waals surface area contributed by atoms with Crippen molar-refractivity contribution in [3.63, 3.8) is 0 Å². The van der Waals surface area contributed by atoms with Crippen molar-refractivity contribution in [2.75, 3.05) is 0 Å². The Balaban J connectivity index is 2.09. The van der Waals surface area contributed by atoms with Crippen LogP contribution in [0, 0.1) is 0 Å². The molecule has 1 rings (SSSR count). The summed E-state index contributed by atoms with van der Waals surface area (Å²) in [6.45, 7) is 2.25. The molecule has 1 aromatic heterocycles. The molecule has 0 bridgehead atoms. The second-order valence-electron chi connectivity index (χ2n) is 4.45. The highest BCUT2D eigenvalue weighted by atomic mass is 14.7. The largest absolute Gasteiger partial charge is 0.324 e. The summed E-state index contributed by atoms with van der Waals surface area (Å²) >= 11 is 0. The first kappa shape index (κ1) is 13.2. The van der Waals surface area contributed by atoms with Gasteiger partial charge in [0.25, 0.3) is 0 Å². The van der Waals surface area contributed by atoms with Crippen molar-refractivity contribution < 1.29 is 0 Å². The summed E-state index contributed by atoms with van der Waals surface area (Å²) in [5.74, 6) is 0. The van der Waals surface area contributed by atoms with Gasteiger partial charge >= 0.3 is 0 Å². The zero-order valence-electron chi connectivity index (χ0n) is 10.4. The quantitative estimate of drug-likeness (QED) is 0.676. The van der Waals surface area contributed by atoms with Gasteiger partial charge in [0.2, 0.25) is 0 Å². The molecule has 2 nitrogen and oxygen atoms in total. The maximum absolute atomic E-state index is 6.10. The fourth-order valence-electron chi connectivity index (χ4n) is 1.91. The van der Waals surface area contributed by atoms with Gasteiger partial charge in [0.05, 0.1) is 0 Å². The number of nitrogens with two attached hydrogens (primary N) is 1. The predicted molar refractivity (Wildman–Crippen MR) is 69.2 cm³/mol. The normalized spacial score (nSPS) is 12.6. The van der Waals surface area contributed by atoms with Gasteiger partial charge in [-0.1, -0.05) is 51.5 Å². The molecular formula is C14H24N2. The molecule has 1 unspecified atom stereocenters. The highest BCUT2D eigenvalue weighted by molar-refractivity contribution is 5.12. The van der Waals surface area contributed by atoms with E-state index in [1.807, 2.05) is 12.3 Å². The Morgan fingerprint density at radius 2 is 1.94 bits per heavy atom. The van der Waals surface area contributed by atoms with Crippen LogP contribution in [0.4, 0.5) is 0 Å². The molecule has 0 saturated heterocycles. The minimum Gasteiger partial charge on any atom is -0.324 e. The van der Waals surface area contributed by atoms with E-state index in [9.17, 15) is 0 Å². The summed E-state index contributed by atoms with van der Waals surface area (Å²) in [6, 6.07) is 4.19. The number of unbranched alkanes of at least 4 members (excludes halogenated alkanes) is 5. The zero-order chi connectivity index (χ0) is 11.6. The molecule has 1 aromatic rings. The minimum absolute atomic E-state index is 0.167. The fraction of sp³-hybridized carbons (Fsp3) is 0.643. The molecule has 0 aliphatic carbocycles. The first-order valence-electron chi connectivity index (χ1n) is 6.50. The standard InChI is InChI=1S/C14H24N2/c1-2-3-4-5-6-7-10-14(15)13-9-8-11-16-12-13/h8-9,11-12,14H,2-7,10,15H2,1H3. The number of pyridine rings is 1. The molecular weight excluding hydrogens is 196 g/mol. The fourth-order valence-corrected chi connectivity index (χ4v) is 1.91. The van der Waals surface area contributed by atoms with Gasteiger partial charge in [-0.2, -0.15) is 0 Å². The van der Waals surface area contributed by atoms with E-state index in [1.54, 1.807) is 6.20 Å². The maximum Gasteiger partial charge on any atom is 0.0315 e. The van der Waals surface area contributed by atoms with Crippen molar-refractivity contribution in [2.45, 2.75) is 57.9 Å². The monoisotopic (exact) mass is 220 g/mol. The molecule has 0 spiro atoms. The van der Waals surface area contributed by atoms with Crippen molar-refractivity contribution in [2.24, 2.45) is 5.73 Å². The molecule has 0 fully saturated rings. The minimum atomic E-state index is 0.167. The predicted octanol–water partition coefficient (Wildman–Crippen LogP) is 3.83. The maximum atomic E-state index is 6.10. The number of nitrogens with zero attached hydrogens (tertiary/aromatic N) is 1. The summed E-state index contributed by atoms with van der Waals surface area (Å²) in [4.78, 5) is 4.09. The molecule has 2 N–H and O–H groups in total. The molecule has 90 valence electrons. The Bertz CT molecular complexity index is 259. The van der Waals surface area contributed by atoms with Crippen LogP contribution in [0.5, 0.6) is 0 Å². The lowest BCUT2D eigenvalue weighted by Crippen LogP contribution is -2.10. The highest BCUT2D eigenvalue weighted by Gasteiger charge is 2.04. The second-order valence-corrected chi connectivity index (χ2v) is 4.45. The van der Waals surface area contributed by atoms with Crippen molar-refractivity contribution in [3.05, 3.63) is 30.1 Å². The van der Waals surface area contributed by atoms with Crippen molar-refractivity contribution >= 4 is 0 Å². The van der Waals surface area contributed by atoms with Crippen LogP contribution >= 0.6 is 0 Å². The van der Waals surface area contributed by atoms with Crippen molar-refractivity contribution in [3.8, 4) is 0 Å². The van der Waals surface area contributed by atoms with Gasteiger partial charge in [-0.3, -0.25) is 4.98 Å². The van der Waals surface area contributed by atoms with Gasteiger partial charge in [-0.15, -0.1) is 0 Å². The van der Waals surface area contributed by atoms with Crippen LogP contribution < -0.4 is 5.73 Å². The third-order valence-corrected chi connectivity index (χ3v) is 2.98. The molecule has 0 aliphatic rings. The Morgan fingerprint density at radius 3 is 2.62 bits per heavy atom. The number of aromatic nitrogens is 1. The van der Waals surface area contributed by atoms with Gasteiger partial charge in [-0.25, -0.2) is 0 Å². The topological polar surface area (TPSA) is 38.9 Å². The lowest BCUT2D eigenvalue weighted by molar-refractivity contribution is 0.546. The van der Waals surface area contributed by atoms with Crippen LogP contribution in [0.15, 0.2) is 24.5 Å². The SMILES string of the molecule is CCCCCCCCC(N)c1cccnc1. The van der Waals surface area contributed by atoms with Gasteiger partial charge < -0.3 is 5.73 Å². The van der Waals surface area contributed by atoms with Gasteiger partial charge in [0.15, 0.2) is 0 Å². The van der Waals surface area contributed by atoms with E-state index >= 15 is 0 Å². The molecule has 0 aliphatic heterocycles. The average Bonchev–Trinajstić information content (AvgIpc) is 2.34. The van der Waals surface area contributed by atoms with Crippen LogP contribution in [-0.2, 0) is 0 Å². The van der Waals surface area contributed by atoms with Crippen LogP contribution in [0.25, 0.3) is 0 Å². The van der Waals surface area contributed by atoms with E-state index in [4.69, 9.17) is 5.73 Å². The number of rotatable bonds is 8. The van der Waals surface area contributed by atoms with E-state index in [2.05, 4.69) is 18.0 Å². The molecule has 0 radical (unpaired) electrons. The summed E-state index contributed by atoms with van der Waals surface area (Å²) in [7, 11) is 0. The summed E-state index contributed by atoms with van der Waals surface area (Å²) < 4.78 is 0. The second kappa shape index (κ2) is 8.28. The van der Waals surface area contributed by atoms with Crippen LogP contribution in [0.2, 0.25) is 0 Å². The van der Waals surface area contributed by atoms with E-state index in [0.29, 0.717) is 0 Å². The average molecular weight is 220 g/mol. The van der Waals surface area contributed by atoms with E-state index in [0.717, 1.165) is 12.0 Å². The van der Waals surface area contributed by atoms with Gasteiger partial charge in [0.1, 0.15) is 0 Å². The number of hydrogen-bond acceptors (Lipinski definition) is 2. The van der Waals surface area contributed by atoms with E-state index in [1.165, 1.54) is 38.5 Å². The summed E-state index contributed by atoms with van der Waals surface area (Å²) in [5.41, 5.74) is 7.26. The third kappa shape index (κ3) is 5.26. The number of hydrogen-bond donors (Lipinski definition) is 1. The smallest absolute Gasteiger partial charge is 0.0315 e. The Kier molecular flexibility index (Phi) is 6.82. The Labute approximate surface area is 99.3 Å².